The van der Waals surface area contributed by atoms with Crippen molar-refractivity contribution in [3.63, 3.8) is 0 Å². The van der Waals surface area contributed by atoms with Crippen LogP contribution in [0, 0.1) is 5.92 Å². The van der Waals surface area contributed by atoms with E-state index in [1.807, 2.05) is 74.5 Å². The molecule has 2 heterocycles. The van der Waals surface area contributed by atoms with Crippen LogP contribution >= 0.6 is 0 Å². The molecule has 0 unspecified atom stereocenters. The number of nitrogens with one attached hydrogen (secondary N) is 3. The van der Waals surface area contributed by atoms with Crippen LogP contribution in [0.1, 0.15) is 42.7 Å². The Hall–Kier alpha value is -5.49. The Morgan fingerprint density at radius 3 is 2.00 bits per heavy atom. The van der Waals surface area contributed by atoms with Gasteiger partial charge in [-0.05, 0) is 54.5 Å². The predicted molar refractivity (Wildman–Crippen MR) is 185 cm³/mol. The van der Waals surface area contributed by atoms with Crippen molar-refractivity contribution in [3.8, 4) is 0 Å². The highest BCUT2D eigenvalue weighted by atomic mass is 16.6. The van der Waals surface area contributed by atoms with Gasteiger partial charge in [-0.2, -0.15) is 0 Å². The first-order chi connectivity index (χ1) is 23.7. The second-order valence-corrected chi connectivity index (χ2v) is 12.1. The summed E-state index contributed by atoms with van der Waals surface area (Å²) in [5, 5.41) is 20.1. The number of carbonyl (C=O) groups excluding carboxylic acids is 3. The maximum Gasteiger partial charge on any atom is 0.408 e. The Labute approximate surface area is 286 Å². The first-order valence-electron chi connectivity index (χ1n) is 16.2. The number of pyridine rings is 2. The van der Waals surface area contributed by atoms with Gasteiger partial charge in [0.25, 0.3) is 0 Å². The number of nitrogen functional groups attached to an aromatic ring is 1. The van der Waals surface area contributed by atoms with E-state index in [0.717, 1.165) is 16.7 Å². The van der Waals surface area contributed by atoms with Crippen molar-refractivity contribution in [2.75, 3.05) is 5.73 Å². The zero-order valence-electron chi connectivity index (χ0n) is 27.7. The molecule has 6 N–H and O–H groups in total. The van der Waals surface area contributed by atoms with Gasteiger partial charge in [0.2, 0.25) is 5.91 Å². The van der Waals surface area contributed by atoms with Crippen LogP contribution in [0.5, 0.6) is 0 Å². The number of benzene rings is 2. The zero-order chi connectivity index (χ0) is 35.0. The molecule has 0 aliphatic rings. The average molecular weight is 669 g/mol. The number of ether oxygens (including phenoxy) is 2. The second-order valence-electron chi connectivity index (χ2n) is 12.1. The van der Waals surface area contributed by atoms with E-state index in [-0.39, 0.29) is 25.6 Å². The number of hydrogen-bond donors (Lipinski definition) is 5. The molecule has 0 fully saturated rings. The molecule has 0 aliphatic heterocycles. The van der Waals surface area contributed by atoms with Gasteiger partial charge in [0, 0.05) is 24.0 Å². The number of aromatic nitrogens is 2. The smallest absolute Gasteiger partial charge is 0.408 e. The molecule has 0 spiro atoms. The predicted octanol–water partition coefficient (Wildman–Crippen LogP) is 4.33. The molecule has 2 aromatic heterocycles. The van der Waals surface area contributed by atoms with Crippen LogP contribution in [0.15, 0.2) is 104 Å². The molecule has 0 saturated carbocycles. The molecular weight excluding hydrogens is 624 g/mol. The summed E-state index contributed by atoms with van der Waals surface area (Å²) in [6.45, 7) is 3.54. The molecule has 12 nitrogen and oxygen atoms in total. The standard InChI is InChI=1S/C37H44N6O6/c1-25(2)34(43-37(47)49-24-30-16-15-29(38)22-40-30)35(45)41-31(18-26-10-5-3-6-11-26)20-33(44)32(19-27-12-7-4-8-13-27)42-36(46)48-23-28-14-9-17-39-21-28/h3-17,21-22,25,31-34,44H,18-20,23-24,38H2,1-2H3,(H,41,45)(H,42,46)(H,43,47)/t31-,32-,33-,34-/m0/s1. The van der Waals surface area contributed by atoms with Crippen molar-refractivity contribution in [2.45, 2.75) is 70.6 Å². The number of aliphatic hydroxyl groups is 1. The molecule has 0 aliphatic carbocycles. The number of anilines is 1. The molecule has 12 heteroatoms. The van der Waals surface area contributed by atoms with Crippen LogP contribution in [-0.4, -0.2) is 57.4 Å². The summed E-state index contributed by atoms with van der Waals surface area (Å²) >= 11 is 0. The van der Waals surface area contributed by atoms with Crippen LogP contribution in [0.3, 0.4) is 0 Å². The SMILES string of the molecule is CC(C)[C@H](NC(=O)OCc1ccc(N)cn1)C(=O)N[C@@H](Cc1ccccc1)C[C@H](O)[C@H](Cc1ccccc1)NC(=O)OCc1cccnc1. The third-order valence-electron chi connectivity index (χ3n) is 7.78. The monoisotopic (exact) mass is 668 g/mol. The third-order valence-corrected chi connectivity index (χ3v) is 7.78. The fourth-order valence-electron chi connectivity index (χ4n) is 5.18. The number of aliphatic hydroxyl groups excluding tert-OH is 1. The number of amides is 3. The van der Waals surface area contributed by atoms with Crippen molar-refractivity contribution in [1.82, 2.24) is 25.9 Å². The normalized spacial score (nSPS) is 13.4. The van der Waals surface area contributed by atoms with Crippen molar-refractivity contribution in [2.24, 2.45) is 5.92 Å². The van der Waals surface area contributed by atoms with E-state index in [9.17, 15) is 19.5 Å². The molecule has 0 radical (unpaired) electrons. The average Bonchev–Trinajstić information content (AvgIpc) is 3.10. The summed E-state index contributed by atoms with van der Waals surface area (Å²) in [5.41, 5.74) is 9.23. The highest BCUT2D eigenvalue weighted by Crippen LogP contribution is 2.16. The van der Waals surface area contributed by atoms with Crippen molar-refractivity contribution < 1.29 is 29.0 Å². The molecule has 4 aromatic rings. The summed E-state index contributed by atoms with van der Waals surface area (Å²) in [4.78, 5) is 47.5. The minimum Gasteiger partial charge on any atom is -0.445 e. The van der Waals surface area contributed by atoms with Crippen molar-refractivity contribution in [1.29, 1.82) is 0 Å². The Kier molecular flexibility index (Phi) is 13.9. The maximum atomic E-state index is 13.7. The Balaban J connectivity index is 1.45. The molecule has 258 valence electrons. The minimum absolute atomic E-state index is 0.0169. The van der Waals surface area contributed by atoms with Gasteiger partial charge in [-0.3, -0.25) is 14.8 Å². The molecule has 49 heavy (non-hydrogen) atoms. The van der Waals surface area contributed by atoms with Crippen LogP contribution < -0.4 is 21.7 Å². The first kappa shape index (κ1) is 36.3. The Bertz CT molecular complexity index is 1590. The number of nitrogens with two attached hydrogens (primary N) is 1. The summed E-state index contributed by atoms with van der Waals surface area (Å²) in [6, 6.07) is 23.6. The Morgan fingerprint density at radius 1 is 0.755 bits per heavy atom. The van der Waals surface area contributed by atoms with E-state index >= 15 is 0 Å². The van der Waals surface area contributed by atoms with Gasteiger partial charge < -0.3 is 36.3 Å². The second kappa shape index (κ2) is 18.7. The topological polar surface area (TPSA) is 178 Å². The number of hydrogen-bond acceptors (Lipinski definition) is 9. The highest BCUT2D eigenvalue weighted by Gasteiger charge is 2.30. The van der Waals surface area contributed by atoms with Crippen LogP contribution in [-0.2, 0) is 40.3 Å². The first-order valence-corrected chi connectivity index (χ1v) is 16.2. The summed E-state index contributed by atoms with van der Waals surface area (Å²) in [5.74, 6) is -0.722. The molecule has 3 amide bonds. The summed E-state index contributed by atoms with van der Waals surface area (Å²) in [7, 11) is 0. The van der Waals surface area contributed by atoms with E-state index in [4.69, 9.17) is 15.2 Å². The van der Waals surface area contributed by atoms with Gasteiger partial charge in [-0.25, -0.2) is 9.59 Å². The molecule has 0 saturated heterocycles. The fourth-order valence-corrected chi connectivity index (χ4v) is 5.18. The Morgan fingerprint density at radius 2 is 1.39 bits per heavy atom. The lowest BCUT2D eigenvalue weighted by atomic mass is 9.93. The molecule has 4 atom stereocenters. The van der Waals surface area contributed by atoms with Crippen LogP contribution in [0.25, 0.3) is 0 Å². The molecular formula is C37H44N6O6. The quantitative estimate of drug-likeness (QED) is 0.116. The van der Waals surface area contributed by atoms with E-state index in [1.165, 1.54) is 6.20 Å². The number of rotatable bonds is 16. The minimum atomic E-state index is -1.08. The lowest BCUT2D eigenvalue weighted by Crippen LogP contribution is -2.54. The van der Waals surface area contributed by atoms with Gasteiger partial charge in [0.15, 0.2) is 0 Å². The zero-order valence-corrected chi connectivity index (χ0v) is 27.7. The maximum absolute atomic E-state index is 13.7. The lowest BCUT2D eigenvalue weighted by Gasteiger charge is -2.30. The largest absolute Gasteiger partial charge is 0.445 e. The fraction of sp³-hybridized carbons (Fsp3) is 0.324. The van der Waals surface area contributed by atoms with Crippen LogP contribution in [0.2, 0.25) is 0 Å². The van der Waals surface area contributed by atoms with Gasteiger partial charge in [-0.15, -0.1) is 0 Å². The van der Waals surface area contributed by atoms with Crippen LogP contribution in [0.4, 0.5) is 15.3 Å². The van der Waals surface area contributed by atoms with E-state index in [2.05, 4.69) is 25.9 Å². The van der Waals surface area contributed by atoms with Crippen molar-refractivity contribution >= 4 is 23.8 Å². The number of nitrogens with zero attached hydrogens (tertiary/aromatic N) is 2. The van der Waals surface area contributed by atoms with E-state index in [1.54, 1.807) is 36.7 Å². The van der Waals surface area contributed by atoms with E-state index < -0.39 is 42.3 Å². The molecule has 0 bridgehead atoms. The van der Waals surface area contributed by atoms with Gasteiger partial charge >= 0.3 is 12.2 Å². The van der Waals surface area contributed by atoms with Gasteiger partial charge in [-0.1, -0.05) is 80.6 Å². The lowest BCUT2D eigenvalue weighted by molar-refractivity contribution is -0.125. The third kappa shape index (κ3) is 12.6. The van der Waals surface area contributed by atoms with Gasteiger partial charge in [0.1, 0.15) is 19.3 Å². The molecule has 2 aromatic carbocycles. The number of alkyl carbamates (subject to hydrolysis) is 2. The van der Waals surface area contributed by atoms with Crippen molar-refractivity contribution in [3.05, 3.63) is 126 Å². The summed E-state index contributed by atoms with van der Waals surface area (Å²) < 4.78 is 10.7. The van der Waals surface area contributed by atoms with E-state index in [0.29, 0.717) is 24.2 Å². The molecule has 4 rings (SSSR count). The highest BCUT2D eigenvalue weighted by molar-refractivity contribution is 5.86. The summed E-state index contributed by atoms with van der Waals surface area (Å²) in [6.07, 6.45) is 2.97. The van der Waals surface area contributed by atoms with Gasteiger partial charge in [0.05, 0.1) is 29.7 Å². The number of carbonyl (C=O) groups is 3.